The molecule has 0 radical (unpaired) electrons. The number of aryl methyl sites for hydroxylation is 1. The number of halogens is 1. The predicted molar refractivity (Wildman–Crippen MR) is 98.9 cm³/mol. The lowest BCUT2D eigenvalue weighted by atomic mass is 10.1. The van der Waals surface area contributed by atoms with Gasteiger partial charge < -0.3 is 0 Å². The molecule has 0 atom stereocenters. The zero-order valence-corrected chi connectivity index (χ0v) is 14.8. The van der Waals surface area contributed by atoms with Gasteiger partial charge in [-0.3, -0.25) is 4.79 Å². The van der Waals surface area contributed by atoms with E-state index in [4.69, 9.17) is 5.53 Å². The topological polar surface area (TPSA) is 65.8 Å². The maximum absolute atomic E-state index is 12.3. The molecular formula is C16H14IN3OS. The van der Waals surface area contributed by atoms with Crippen molar-refractivity contribution in [1.29, 1.82) is 0 Å². The summed E-state index contributed by atoms with van der Waals surface area (Å²) in [6.45, 7) is 0.204. The maximum atomic E-state index is 12.3. The first-order valence-corrected chi connectivity index (χ1v) is 8.78. The van der Waals surface area contributed by atoms with E-state index in [9.17, 15) is 4.79 Å². The molecule has 0 saturated carbocycles. The molecule has 0 bridgehead atoms. The minimum atomic E-state index is 0.0229. The van der Waals surface area contributed by atoms with Crippen molar-refractivity contribution in [1.82, 2.24) is 0 Å². The number of thioether (sulfide) groups is 1. The highest BCUT2D eigenvalue weighted by atomic mass is 127. The summed E-state index contributed by atoms with van der Waals surface area (Å²) in [5, 5.41) is 3.57. The first-order valence-electron chi connectivity index (χ1n) is 6.71. The van der Waals surface area contributed by atoms with E-state index in [0.717, 1.165) is 17.7 Å². The van der Waals surface area contributed by atoms with Crippen molar-refractivity contribution < 1.29 is 4.79 Å². The Kier molecular flexibility index (Phi) is 6.76. The first kappa shape index (κ1) is 16.9. The van der Waals surface area contributed by atoms with E-state index >= 15 is 0 Å². The molecular weight excluding hydrogens is 409 g/mol. The van der Waals surface area contributed by atoms with Crippen molar-refractivity contribution in [2.24, 2.45) is 5.11 Å². The zero-order valence-electron chi connectivity index (χ0n) is 11.8. The summed E-state index contributed by atoms with van der Waals surface area (Å²) in [5.41, 5.74) is 11.1. The van der Waals surface area contributed by atoms with Gasteiger partial charge in [-0.25, -0.2) is 0 Å². The average molecular weight is 423 g/mol. The Bertz CT molecular complexity index is 714. The van der Waals surface area contributed by atoms with Gasteiger partial charge in [-0.15, -0.1) is 0 Å². The predicted octanol–water partition coefficient (Wildman–Crippen LogP) is 5.22. The minimum Gasteiger partial charge on any atom is -0.282 e. The maximum Gasteiger partial charge on any atom is 0.219 e. The number of nitrogens with zero attached hydrogens (tertiary/aromatic N) is 3. The Morgan fingerprint density at radius 2 is 1.82 bits per heavy atom. The fourth-order valence-electron chi connectivity index (χ4n) is 2.00. The molecule has 0 spiro atoms. The second-order valence-corrected chi connectivity index (χ2v) is 6.75. The SMILES string of the molecule is [N-]=[N+]=NCc1ccccc1C(=O)SCCc1ccccc1I. The van der Waals surface area contributed by atoms with Crippen molar-refractivity contribution in [3.8, 4) is 0 Å². The summed E-state index contributed by atoms with van der Waals surface area (Å²) in [6, 6.07) is 15.4. The van der Waals surface area contributed by atoms with Crippen LogP contribution in [0.15, 0.2) is 53.6 Å². The van der Waals surface area contributed by atoms with Crippen LogP contribution in [-0.4, -0.2) is 10.9 Å². The van der Waals surface area contributed by atoms with Crippen molar-refractivity contribution in [2.45, 2.75) is 13.0 Å². The quantitative estimate of drug-likeness (QED) is 0.277. The van der Waals surface area contributed by atoms with E-state index < -0.39 is 0 Å². The third-order valence-corrected chi connectivity index (χ3v) is 5.05. The van der Waals surface area contributed by atoms with Gasteiger partial charge in [-0.1, -0.05) is 59.3 Å². The molecule has 0 aromatic heterocycles. The monoisotopic (exact) mass is 423 g/mol. The summed E-state index contributed by atoms with van der Waals surface area (Å²) >= 11 is 3.61. The Hall–Kier alpha value is -1.50. The summed E-state index contributed by atoms with van der Waals surface area (Å²) in [6.07, 6.45) is 0.855. The molecule has 112 valence electrons. The van der Waals surface area contributed by atoms with Crippen molar-refractivity contribution in [2.75, 3.05) is 5.75 Å². The summed E-state index contributed by atoms with van der Waals surface area (Å²) in [7, 11) is 0. The fourth-order valence-corrected chi connectivity index (χ4v) is 3.52. The van der Waals surface area contributed by atoms with Crippen LogP contribution in [0.25, 0.3) is 10.4 Å². The van der Waals surface area contributed by atoms with Crippen LogP contribution < -0.4 is 0 Å². The molecule has 0 amide bonds. The Morgan fingerprint density at radius 3 is 2.55 bits per heavy atom. The van der Waals surface area contributed by atoms with E-state index in [-0.39, 0.29) is 11.7 Å². The minimum absolute atomic E-state index is 0.0229. The van der Waals surface area contributed by atoms with Crippen LogP contribution in [0.4, 0.5) is 0 Å². The number of azide groups is 1. The standard InChI is InChI=1S/C16H14IN3OS/c17-15-8-4-2-5-12(15)9-10-22-16(21)14-7-3-1-6-13(14)11-19-20-18/h1-8H,9-11H2. The molecule has 0 fully saturated rings. The van der Waals surface area contributed by atoms with Crippen LogP contribution in [0.2, 0.25) is 0 Å². The number of carbonyl (C=O) groups excluding carboxylic acids is 1. The van der Waals surface area contributed by atoms with Crippen molar-refractivity contribution >= 4 is 39.5 Å². The highest BCUT2D eigenvalue weighted by Crippen LogP contribution is 2.20. The lowest BCUT2D eigenvalue weighted by Crippen LogP contribution is -2.02. The molecule has 0 N–H and O–H groups in total. The van der Waals surface area contributed by atoms with Gasteiger partial charge in [0, 0.05) is 19.8 Å². The number of carbonyl (C=O) groups is 1. The van der Waals surface area contributed by atoms with E-state index in [0.29, 0.717) is 5.56 Å². The Labute approximate surface area is 147 Å². The van der Waals surface area contributed by atoms with Crippen LogP contribution >= 0.6 is 34.4 Å². The largest absolute Gasteiger partial charge is 0.282 e. The molecule has 0 aliphatic carbocycles. The smallest absolute Gasteiger partial charge is 0.219 e. The third-order valence-electron chi connectivity index (χ3n) is 3.10. The van der Waals surface area contributed by atoms with Crippen LogP contribution in [0.1, 0.15) is 21.5 Å². The summed E-state index contributed by atoms with van der Waals surface area (Å²) in [5.74, 6) is 0.731. The van der Waals surface area contributed by atoms with E-state index in [1.54, 1.807) is 6.07 Å². The van der Waals surface area contributed by atoms with E-state index in [2.05, 4.69) is 44.7 Å². The summed E-state index contributed by atoms with van der Waals surface area (Å²) in [4.78, 5) is 15.1. The molecule has 0 saturated heterocycles. The molecule has 0 heterocycles. The highest BCUT2D eigenvalue weighted by Gasteiger charge is 2.11. The first-order chi connectivity index (χ1) is 10.7. The van der Waals surface area contributed by atoms with Gasteiger partial charge in [0.05, 0.1) is 6.54 Å². The molecule has 2 aromatic rings. The summed E-state index contributed by atoms with van der Waals surface area (Å²) < 4.78 is 1.22. The van der Waals surface area contributed by atoms with E-state index in [1.807, 2.05) is 30.3 Å². The molecule has 0 aliphatic heterocycles. The van der Waals surface area contributed by atoms with E-state index in [1.165, 1.54) is 20.9 Å². The van der Waals surface area contributed by atoms with Crippen molar-refractivity contribution in [3.63, 3.8) is 0 Å². The van der Waals surface area contributed by atoms with Crippen LogP contribution in [0.3, 0.4) is 0 Å². The lowest BCUT2D eigenvalue weighted by Gasteiger charge is -2.07. The average Bonchev–Trinajstić information content (AvgIpc) is 2.55. The molecule has 0 unspecified atom stereocenters. The molecule has 2 rings (SSSR count). The molecule has 4 nitrogen and oxygen atoms in total. The van der Waals surface area contributed by atoms with Crippen LogP contribution in [0.5, 0.6) is 0 Å². The van der Waals surface area contributed by atoms with Crippen molar-refractivity contribution in [3.05, 3.63) is 79.2 Å². The number of rotatable bonds is 6. The molecule has 0 aliphatic rings. The van der Waals surface area contributed by atoms with Gasteiger partial charge in [0.25, 0.3) is 0 Å². The fraction of sp³-hybridized carbons (Fsp3) is 0.188. The van der Waals surface area contributed by atoms with Crippen LogP contribution in [0, 0.1) is 3.57 Å². The lowest BCUT2D eigenvalue weighted by molar-refractivity contribution is 0.108. The normalized spacial score (nSPS) is 10.0. The molecule has 22 heavy (non-hydrogen) atoms. The number of hydrogen-bond acceptors (Lipinski definition) is 3. The van der Waals surface area contributed by atoms with Gasteiger partial charge >= 0.3 is 0 Å². The van der Waals surface area contributed by atoms with Gasteiger partial charge in [-0.2, -0.15) is 0 Å². The second kappa shape index (κ2) is 8.82. The number of hydrogen-bond donors (Lipinski definition) is 0. The molecule has 2 aromatic carbocycles. The van der Waals surface area contributed by atoms with Gasteiger partial charge in [0.2, 0.25) is 5.12 Å². The second-order valence-electron chi connectivity index (χ2n) is 4.52. The van der Waals surface area contributed by atoms with Gasteiger partial charge in [0.15, 0.2) is 0 Å². The van der Waals surface area contributed by atoms with Gasteiger partial charge in [0.1, 0.15) is 0 Å². The number of benzene rings is 2. The Balaban J connectivity index is 1.98. The third kappa shape index (κ3) is 4.76. The highest BCUT2D eigenvalue weighted by molar-refractivity contribution is 14.1. The Morgan fingerprint density at radius 1 is 1.14 bits per heavy atom. The van der Waals surface area contributed by atoms with Crippen LogP contribution in [-0.2, 0) is 13.0 Å². The van der Waals surface area contributed by atoms with Gasteiger partial charge in [-0.05, 0) is 51.7 Å². The zero-order chi connectivity index (χ0) is 15.8. The molecule has 6 heteroatoms.